The number of anilines is 1. The molecule has 2 bridgehead atoms. The summed E-state index contributed by atoms with van der Waals surface area (Å²) in [5.41, 5.74) is 8.86. The number of fused-ring (bicyclic) bond motifs is 2. The summed E-state index contributed by atoms with van der Waals surface area (Å²) in [6, 6.07) is 1.32. The number of piperidine rings is 1. The first-order valence-electron chi connectivity index (χ1n) is 8.25. The first-order valence-corrected chi connectivity index (χ1v) is 8.91. The summed E-state index contributed by atoms with van der Waals surface area (Å²) >= 11 is -0.0200. The van der Waals surface area contributed by atoms with Crippen LogP contribution < -0.4 is 51.8 Å². The van der Waals surface area contributed by atoms with E-state index in [9.17, 15) is 23.7 Å². The van der Waals surface area contributed by atoms with Crippen molar-refractivity contribution in [2.75, 3.05) is 18.8 Å². The average molecular weight is 437 g/mol. The number of aromatic nitrogens is 2. The molecule has 2 fully saturated rings. The SMILES string of the molecule is CC(=O)NNC(=O)Cn1ccc(N)nc1=O.O=C1N2CCCC(C2)N1OS[O-].[Na+]. The normalized spacial score (nSPS) is 17.0. The van der Waals surface area contributed by atoms with Gasteiger partial charge in [-0.2, -0.15) is 10.0 Å². The first-order chi connectivity index (χ1) is 13.3. The van der Waals surface area contributed by atoms with E-state index >= 15 is 0 Å². The van der Waals surface area contributed by atoms with Crippen LogP contribution in [0.1, 0.15) is 19.8 Å². The number of hydroxylamine groups is 2. The molecule has 3 heterocycles. The van der Waals surface area contributed by atoms with Crippen LogP contribution >= 0.6 is 12.3 Å². The Balaban J connectivity index is 0.000000289. The number of carbonyl (C=O) groups excluding carboxylic acids is 3. The summed E-state index contributed by atoms with van der Waals surface area (Å²) in [4.78, 5) is 49.4. The molecule has 1 aromatic rings. The molecule has 1 unspecified atom stereocenters. The van der Waals surface area contributed by atoms with Crippen LogP contribution in [0.2, 0.25) is 0 Å². The third-order valence-electron chi connectivity index (χ3n) is 3.89. The van der Waals surface area contributed by atoms with E-state index in [0.29, 0.717) is 6.54 Å². The molecule has 1 atom stereocenters. The number of nitrogens with two attached hydrogens (primary N) is 1. The first kappa shape index (κ1) is 25.2. The standard InChI is InChI=1S/C8H11N5O3.C6H10N2O3S.Na/c1-5(14)11-12-7(15)4-13-3-2-6(9)10-8(13)16;9-6-7-3-1-2-5(4-7)8(6)11-12-10;/h2-3H,4H2,1H3,(H,11,14)(H,12,15)(H2,9,10,16);5,10H,1-4H2;/q;;+1/p-1. The molecule has 15 heteroatoms. The van der Waals surface area contributed by atoms with E-state index < -0.39 is 17.5 Å². The molecule has 154 valence electrons. The van der Waals surface area contributed by atoms with Gasteiger partial charge in [-0.25, -0.2) is 13.9 Å². The van der Waals surface area contributed by atoms with Gasteiger partial charge < -0.3 is 15.2 Å². The molecular formula is C14H20N7NaO6S. The Bertz CT molecular complexity index is 794. The van der Waals surface area contributed by atoms with Crippen LogP contribution in [0.3, 0.4) is 0 Å². The van der Waals surface area contributed by atoms with Crippen molar-refractivity contribution in [1.82, 2.24) is 30.4 Å². The minimum absolute atomic E-state index is 0. The predicted octanol–water partition coefficient (Wildman–Crippen LogP) is -4.41. The van der Waals surface area contributed by atoms with E-state index in [0.717, 1.165) is 24.0 Å². The van der Waals surface area contributed by atoms with Crippen molar-refractivity contribution in [1.29, 1.82) is 0 Å². The van der Waals surface area contributed by atoms with Gasteiger partial charge in [0, 0.05) is 26.2 Å². The number of hydrogen-bond acceptors (Lipinski definition) is 9. The molecule has 1 aromatic heterocycles. The minimum Gasteiger partial charge on any atom is -0.774 e. The van der Waals surface area contributed by atoms with E-state index in [1.165, 1.54) is 24.3 Å². The van der Waals surface area contributed by atoms with E-state index in [4.69, 9.17) is 5.73 Å². The van der Waals surface area contributed by atoms with Crippen molar-refractivity contribution in [3.8, 4) is 0 Å². The zero-order chi connectivity index (χ0) is 20.7. The van der Waals surface area contributed by atoms with E-state index in [2.05, 4.69) is 20.1 Å². The number of rotatable bonds is 4. The predicted molar refractivity (Wildman–Crippen MR) is 96.2 cm³/mol. The molecule has 2 saturated heterocycles. The Labute approximate surface area is 192 Å². The van der Waals surface area contributed by atoms with Crippen LogP contribution in [0, 0.1) is 0 Å². The fraction of sp³-hybridized carbons (Fsp3) is 0.500. The van der Waals surface area contributed by atoms with Crippen molar-refractivity contribution >= 4 is 36.0 Å². The fourth-order valence-corrected chi connectivity index (χ4v) is 2.91. The number of nitrogen functional groups attached to an aromatic ring is 1. The maximum atomic E-state index is 11.4. The smallest absolute Gasteiger partial charge is 0.774 e. The van der Waals surface area contributed by atoms with E-state index in [1.54, 1.807) is 4.90 Å². The van der Waals surface area contributed by atoms with Crippen molar-refractivity contribution in [2.24, 2.45) is 0 Å². The Morgan fingerprint density at radius 1 is 1.41 bits per heavy atom. The Morgan fingerprint density at radius 2 is 2.14 bits per heavy atom. The Kier molecular flexibility index (Phi) is 10.4. The fourth-order valence-electron chi connectivity index (χ4n) is 2.66. The number of hydrogen-bond donors (Lipinski definition) is 3. The molecule has 4 N–H and O–H groups in total. The van der Waals surface area contributed by atoms with Crippen LogP contribution in [-0.4, -0.2) is 61.0 Å². The molecule has 0 aliphatic carbocycles. The van der Waals surface area contributed by atoms with Gasteiger partial charge in [0.1, 0.15) is 12.4 Å². The van der Waals surface area contributed by atoms with E-state index in [-0.39, 0.29) is 66.3 Å². The second-order valence-electron chi connectivity index (χ2n) is 5.99. The molecule has 29 heavy (non-hydrogen) atoms. The molecular weight excluding hydrogens is 417 g/mol. The van der Waals surface area contributed by atoms with Crippen LogP contribution in [0.5, 0.6) is 0 Å². The van der Waals surface area contributed by atoms with Crippen molar-refractivity contribution < 1.29 is 52.8 Å². The molecule has 0 aromatic carbocycles. The van der Waals surface area contributed by atoms with Gasteiger partial charge in [0.2, 0.25) is 5.91 Å². The molecule has 2 aliphatic heterocycles. The Morgan fingerprint density at radius 3 is 2.72 bits per heavy atom. The second-order valence-corrected chi connectivity index (χ2v) is 6.27. The van der Waals surface area contributed by atoms with Gasteiger partial charge in [-0.3, -0.25) is 25.0 Å². The van der Waals surface area contributed by atoms with Gasteiger partial charge in [-0.1, -0.05) is 12.3 Å². The maximum absolute atomic E-state index is 11.4. The molecule has 13 nitrogen and oxygen atoms in total. The maximum Gasteiger partial charge on any atom is 1.00 e. The minimum atomic E-state index is -0.627. The summed E-state index contributed by atoms with van der Waals surface area (Å²) in [5.74, 6) is -0.858. The molecule has 0 saturated carbocycles. The number of amides is 4. The van der Waals surface area contributed by atoms with Gasteiger partial charge in [-0.05, 0) is 18.9 Å². The topological polar surface area (TPSA) is 175 Å². The molecule has 3 rings (SSSR count). The Hall–Kier alpha value is -1.84. The summed E-state index contributed by atoms with van der Waals surface area (Å²) in [6.45, 7) is 2.50. The average Bonchev–Trinajstić information content (AvgIpc) is 2.86. The molecule has 0 radical (unpaired) electrons. The summed E-state index contributed by atoms with van der Waals surface area (Å²) in [7, 11) is 0. The monoisotopic (exact) mass is 437 g/mol. The van der Waals surface area contributed by atoms with Gasteiger partial charge >= 0.3 is 41.3 Å². The third kappa shape index (κ3) is 7.49. The zero-order valence-electron chi connectivity index (χ0n) is 16.0. The quantitative estimate of drug-likeness (QED) is 0.239. The van der Waals surface area contributed by atoms with Crippen LogP contribution in [0.25, 0.3) is 0 Å². The van der Waals surface area contributed by atoms with Crippen LogP contribution in [0.4, 0.5) is 10.6 Å². The van der Waals surface area contributed by atoms with Crippen molar-refractivity contribution in [2.45, 2.75) is 32.4 Å². The molecule has 4 amide bonds. The zero-order valence-corrected chi connectivity index (χ0v) is 18.8. The summed E-state index contributed by atoms with van der Waals surface area (Å²) in [6.07, 6.45) is 3.28. The largest absolute Gasteiger partial charge is 1.00 e. The van der Waals surface area contributed by atoms with Crippen LogP contribution in [0.15, 0.2) is 17.1 Å². The van der Waals surface area contributed by atoms with Crippen LogP contribution in [-0.2, 0) is 20.4 Å². The second kappa shape index (κ2) is 12.0. The third-order valence-corrected chi connectivity index (χ3v) is 4.11. The number of nitrogens with one attached hydrogen (secondary N) is 2. The van der Waals surface area contributed by atoms with Gasteiger partial charge in [-0.15, -0.1) is 0 Å². The number of carbonyl (C=O) groups is 3. The van der Waals surface area contributed by atoms with Crippen molar-refractivity contribution in [3.63, 3.8) is 0 Å². The molecule has 2 aliphatic rings. The molecule has 0 spiro atoms. The number of nitrogens with zero attached hydrogens (tertiary/aromatic N) is 4. The van der Waals surface area contributed by atoms with Gasteiger partial charge in [0.25, 0.3) is 5.91 Å². The number of urea groups is 1. The number of hydrazine groups is 1. The van der Waals surface area contributed by atoms with Crippen molar-refractivity contribution in [3.05, 3.63) is 22.7 Å². The van der Waals surface area contributed by atoms with Gasteiger partial charge in [0.15, 0.2) is 0 Å². The summed E-state index contributed by atoms with van der Waals surface area (Å²) < 4.78 is 15.8. The van der Waals surface area contributed by atoms with Gasteiger partial charge in [0.05, 0.1) is 6.04 Å². The summed E-state index contributed by atoms with van der Waals surface area (Å²) in [5, 5.41) is 1.20. The van der Waals surface area contributed by atoms with E-state index in [1.807, 2.05) is 0 Å².